The average Bonchev–Trinajstić information content (AvgIpc) is 2.38. The molecule has 0 aromatic heterocycles. The summed E-state index contributed by atoms with van der Waals surface area (Å²) in [5, 5.41) is 0. The molecule has 1 radical (unpaired) electrons. The van der Waals surface area contributed by atoms with Crippen LogP contribution in [0.3, 0.4) is 0 Å². The standard InChI is InChI=1S/C16H20N/c1-4-17(3)16-10-8-14(9-11-16)15-7-5-6-13(2)12-15/h6-12H,4-5H2,1-3H3. The van der Waals surface area contributed by atoms with Crippen molar-refractivity contribution in [3.05, 3.63) is 54.0 Å². The Kier molecular flexibility index (Phi) is 3.68. The molecule has 0 saturated carbocycles. The highest BCUT2D eigenvalue weighted by atomic mass is 15.1. The maximum Gasteiger partial charge on any atom is 0.0363 e. The van der Waals surface area contributed by atoms with Crippen LogP contribution in [0.25, 0.3) is 5.57 Å². The van der Waals surface area contributed by atoms with Gasteiger partial charge in [-0.2, -0.15) is 0 Å². The molecule has 1 aliphatic carbocycles. The van der Waals surface area contributed by atoms with Crippen LogP contribution in [0.4, 0.5) is 5.69 Å². The molecule has 1 aromatic carbocycles. The van der Waals surface area contributed by atoms with E-state index in [0.717, 1.165) is 13.0 Å². The van der Waals surface area contributed by atoms with Gasteiger partial charge in [0.25, 0.3) is 0 Å². The predicted octanol–water partition coefficient (Wildman–Crippen LogP) is 4.08. The van der Waals surface area contributed by atoms with Crippen molar-refractivity contribution >= 4 is 11.3 Å². The minimum atomic E-state index is 1.04. The molecule has 0 bridgehead atoms. The number of nitrogens with zero attached hydrogens (tertiary/aromatic N) is 1. The van der Waals surface area contributed by atoms with Crippen molar-refractivity contribution in [3.8, 4) is 0 Å². The highest BCUT2D eigenvalue weighted by Gasteiger charge is 2.06. The maximum atomic E-state index is 2.28. The number of rotatable bonds is 3. The first-order chi connectivity index (χ1) is 8.20. The van der Waals surface area contributed by atoms with E-state index >= 15 is 0 Å². The van der Waals surface area contributed by atoms with Crippen molar-refractivity contribution in [3.63, 3.8) is 0 Å². The Hall–Kier alpha value is -1.50. The fraction of sp³-hybridized carbons (Fsp3) is 0.312. The first kappa shape index (κ1) is 12.0. The van der Waals surface area contributed by atoms with Crippen molar-refractivity contribution in [2.75, 3.05) is 18.5 Å². The fourth-order valence-electron chi connectivity index (χ4n) is 2.03. The molecule has 0 amide bonds. The number of hydrogen-bond acceptors (Lipinski definition) is 1. The summed E-state index contributed by atoms with van der Waals surface area (Å²) in [7, 11) is 2.12. The van der Waals surface area contributed by atoms with Gasteiger partial charge >= 0.3 is 0 Å². The summed E-state index contributed by atoms with van der Waals surface area (Å²) in [6, 6.07) is 8.81. The van der Waals surface area contributed by atoms with Gasteiger partial charge in [-0.15, -0.1) is 0 Å². The van der Waals surface area contributed by atoms with E-state index in [2.05, 4.69) is 68.6 Å². The van der Waals surface area contributed by atoms with E-state index in [4.69, 9.17) is 0 Å². The van der Waals surface area contributed by atoms with Gasteiger partial charge < -0.3 is 4.90 Å². The monoisotopic (exact) mass is 226 g/mol. The molecule has 0 aliphatic heterocycles. The van der Waals surface area contributed by atoms with Gasteiger partial charge in [0.05, 0.1) is 0 Å². The summed E-state index contributed by atoms with van der Waals surface area (Å²) in [5.74, 6) is 0. The lowest BCUT2D eigenvalue weighted by molar-refractivity contribution is 0.968. The molecule has 0 atom stereocenters. The molecule has 17 heavy (non-hydrogen) atoms. The van der Waals surface area contributed by atoms with E-state index in [1.165, 1.54) is 22.4 Å². The predicted molar refractivity (Wildman–Crippen MR) is 76.0 cm³/mol. The van der Waals surface area contributed by atoms with Crippen LogP contribution in [0, 0.1) is 6.42 Å². The van der Waals surface area contributed by atoms with Gasteiger partial charge in [0.1, 0.15) is 0 Å². The topological polar surface area (TPSA) is 3.24 Å². The van der Waals surface area contributed by atoms with Gasteiger partial charge in [-0.1, -0.05) is 29.9 Å². The van der Waals surface area contributed by atoms with Crippen molar-refractivity contribution < 1.29 is 0 Å². The summed E-state index contributed by atoms with van der Waals surface area (Å²) < 4.78 is 0. The van der Waals surface area contributed by atoms with E-state index < -0.39 is 0 Å². The smallest absolute Gasteiger partial charge is 0.0363 e. The summed E-state index contributed by atoms with van der Waals surface area (Å²) in [6.07, 6.45) is 7.84. The Morgan fingerprint density at radius 1 is 1.18 bits per heavy atom. The van der Waals surface area contributed by atoms with E-state index in [9.17, 15) is 0 Å². The van der Waals surface area contributed by atoms with E-state index in [1.54, 1.807) is 0 Å². The summed E-state index contributed by atoms with van der Waals surface area (Å²) in [4.78, 5) is 2.24. The minimum absolute atomic E-state index is 1.04. The summed E-state index contributed by atoms with van der Waals surface area (Å²) >= 11 is 0. The van der Waals surface area contributed by atoms with Crippen LogP contribution in [-0.4, -0.2) is 13.6 Å². The lowest BCUT2D eigenvalue weighted by atomic mass is 9.94. The van der Waals surface area contributed by atoms with Crippen molar-refractivity contribution in [2.45, 2.75) is 20.3 Å². The lowest BCUT2D eigenvalue weighted by Crippen LogP contribution is -2.15. The van der Waals surface area contributed by atoms with Crippen LogP contribution in [0.15, 0.2) is 42.0 Å². The van der Waals surface area contributed by atoms with Gasteiger partial charge in [0.15, 0.2) is 0 Å². The van der Waals surface area contributed by atoms with Crippen LogP contribution < -0.4 is 4.90 Å². The van der Waals surface area contributed by atoms with Crippen molar-refractivity contribution in [1.29, 1.82) is 0 Å². The number of allylic oxidation sites excluding steroid dienone is 4. The van der Waals surface area contributed by atoms with Gasteiger partial charge in [0, 0.05) is 19.3 Å². The summed E-state index contributed by atoms with van der Waals surface area (Å²) in [6.45, 7) is 5.36. The summed E-state index contributed by atoms with van der Waals surface area (Å²) in [5.41, 5.74) is 5.29. The number of hydrogen-bond donors (Lipinski definition) is 0. The first-order valence-corrected chi connectivity index (χ1v) is 6.24. The number of benzene rings is 1. The zero-order valence-corrected chi connectivity index (χ0v) is 10.9. The highest BCUT2D eigenvalue weighted by molar-refractivity contribution is 5.76. The van der Waals surface area contributed by atoms with Gasteiger partial charge in [-0.05, 0) is 50.0 Å². The second-order valence-electron chi connectivity index (χ2n) is 4.55. The van der Waals surface area contributed by atoms with Gasteiger partial charge in [-0.25, -0.2) is 0 Å². The maximum absolute atomic E-state index is 2.28. The quantitative estimate of drug-likeness (QED) is 0.750. The molecule has 0 spiro atoms. The third kappa shape index (κ3) is 2.79. The highest BCUT2D eigenvalue weighted by Crippen LogP contribution is 2.26. The zero-order chi connectivity index (χ0) is 12.3. The van der Waals surface area contributed by atoms with Gasteiger partial charge in [0.2, 0.25) is 0 Å². The van der Waals surface area contributed by atoms with Crippen LogP contribution in [0.2, 0.25) is 0 Å². The Morgan fingerprint density at radius 2 is 1.88 bits per heavy atom. The molecule has 0 saturated heterocycles. The Morgan fingerprint density at radius 3 is 2.47 bits per heavy atom. The zero-order valence-electron chi connectivity index (χ0n) is 10.9. The molecule has 0 unspecified atom stereocenters. The third-order valence-electron chi connectivity index (χ3n) is 3.28. The van der Waals surface area contributed by atoms with Crippen LogP contribution >= 0.6 is 0 Å². The molecule has 1 aliphatic rings. The van der Waals surface area contributed by atoms with Crippen LogP contribution in [0.1, 0.15) is 25.8 Å². The van der Waals surface area contributed by atoms with Crippen LogP contribution in [-0.2, 0) is 0 Å². The van der Waals surface area contributed by atoms with E-state index in [1.807, 2.05) is 0 Å². The first-order valence-electron chi connectivity index (χ1n) is 6.24. The molecule has 89 valence electrons. The molecular formula is C16H20N. The van der Waals surface area contributed by atoms with E-state index in [-0.39, 0.29) is 0 Å². The Balaban J connectivity index is 2.21. The molecule has 1 heteroatoms. The third-order valence-corrected chi connectivity index (χ3v) is 3.28. The largest absolute Gasteiger partial charge is 0.375 e. The molecular weight excluding hydrogens is 206 g/mol. The molecule has 0 fully saturated rings. The molecule has 1 nitrogen and oxygen atoms in total. The average molecular weight is 226 g/mol. The molecule has 0 N–H and O–H groups in total. The van der Waals surface area contributed by atoms with Gasteiger partial charge in [-0.3, -0.25) is 0 Å². The Bertz CT molecular complexity index is 437. The number of anilines is 1. The fourth-order valence-corrected chi connectivity index (χ4v) is 2.03. The second kappa shape index (κ2) is 5.22. The second-order valence-corrected chi connectivity index (χ2v) is 4.55. The molecule has 2 rings (SSSR count). The van der Waals surface area contributed by atoms with Crippen molar-refractivity contribution in [2.24, 2.45) is 0 Å². The normalized spacial score (nSPS) is 15.2. The SMILES string of the molecule is CCN(C)c1ccc(C2=CC(C)=CC[CH]2)cc1. The molecule has 0 heterocycles. The minimum Gasteiger partial charge on any atom is -0.375 e. The lowest BCUT2D eigenvalue weighted by Gasteiger charge is -2.18. The van der Waals surface area contributed by atoms with E-state index in [0.29, 0.717) is 0 Å². The molecule has 1 aromatic rings. The van der Waals surface area contributed by atoms with Crippen LogP contribution in [0.5, 0.6) is 0 Å². The van der Waals surface area contributed by atoms with Crippen molar-refractivity contribution in [1.82, 2.24) is 0 Å². The Labute approximate surface area is 104 Å².